The van der Waals surface area contributed by atoms with Crippen molar-refractivity contribution >= 4 is 33.8 Å². The zero-order valence-corrected chi connectivity index (χ0v) is 17.4. The molecule has 5 rings (SSSR count). The number of anilines is 1. The van der Waals surface area contributed by atoms with Crippen molar-refractivity contribution in [3.63, 3.8) is 0 Å². The lowest BCUT2D eigenvalue weighted by molar-refractivity contribution is -0.142. The number of benzene rings is 3. The summed E-state index contributed by atoms with van der Waals surface area (Å²) in [6, 6.07) is 20.2. The predicted molar refractivity (Wildman–Crippen MR) is 120 cm³/mol. The molecule has 0 amide bonds. The van der Waals surface area contributed by atoms with E-state index in [1.807, 2.05) is 24.3 Å². The molecular weight excluding hydrogens is 390 g/mol. The predicted octanol–water partition coefficient (Wildman–Crippen LogP) is 4.88. The molecule has 1 heterocycles. The first-order valence-electron chi connectivity index (χ1n) is 10.5. The molecule has 3 aromatic carbocycles. The number of nitrogens with zero attached hydrogens (tertiary/aromatic N) is 1. The molecule has 0 radical (unpaired) electrons. The highest BCUT2D eigenvalue weighted by atomic mass is 16.6. The molecule has 0 atom stereocenters. The van der Waals surface area contributed by atoms with E-state index in [1.54, 1.807) is 0 Å². The van der Waals surface area contributed by atoms with Crippen molar-refractivity contribution in [1.29, 1.82) is 0 Å². The summed E-state index contributed by atoms with van der Waals surface area (Å²) in [6.45, 7) is 0.515. The van der Waals surface area contributed by atoms with Crippen LogP contribution in [0.5, 0.6) is 5.75 Å². The second kappa shape index (κ2) is 7.91. The quantitative estimate of drug-likeness (QED) is 0.571. The van der Waals surface area contributed by atoms with Crippen molar-refractivity contribution in [1.82, 2.24) is 0 Å². The van der Waals surface area contributed by atoms with Crippen molar-refractivity contribution < 1.29 is 19.1 Å². The Hall–Kier alpha value is -3.60. The van der Waals surface area contributed by atoms with E-state index in [9.17, 15) is 9.59 Å². The lowest BCUT2D eigenvalue weighted by Gasteiger charge is -2.37. The SMILES string of the molecule is COC(=O)COc1ccc(N2Cc3ccc4ccccc4c3C3=C2C(=O)CCC3)cc1. The number of ketones is 1. The first-order valence-corrected chi connectivity index (χ1v) is 10.5. The van der Waals surface area contributed by atoms with Gasteiger partial charge in [-0.1, -0.05) is 36.4 Å². The lowest BCUT2D eigenvalue weighted by atomic mass is 9.81. The fourth-order valence-electron chi connectivity index (χ4n) is 4.59. The summed E-state index contributed by atoms with van der Waals surface area (Å²) in [4.78, 5) is 26.5. The van der Waals surface area contributed by atoms with E-state index in [1.165, 1.54) is 29.0 Å². The number of hydrogen-bond donors (Lipinski definition) is 0. The number of esters is 1. The second-order valence-corrected chi connectivity index (χ2v) is 7.87. The number of rotatable bonds is 4. The summed E-state index contributed by atoms with van der Waals surface area (Å²) < 4.78 is 10.1. The van der Waals surface area contributed by atoms with Gasteiger partial charge in [0.2, 0.25) is 0 Å². The van der Waals surface area contributed by atoms with Crippen LogP contribution in [0.2, 0.25) is 0 Å². The number of fused-ring (bicyclic) bond motifs is 4. The van der Waals surface area contributed by atoms with Crippen LogP contribution in [0.1, 0.15) is 30.4 Å². The fourth-order valence-corrected chi connectivity index (χ4v) is 4.59. The van der Waals surface area contributed by atoms with Crippen molar-refractivity contribution in [3.8, 4) is 5.75 Å². The minimum absolute atomic E-state index is 0.131. The summed E-state index contributed by atoms with van der Waals surface area (Å²) in [5.41, 5.74) is 5.37. The van der Waals surface area contributed by atoms with Gasteiger partial charge in [-0.25, -0.2) is 4.79 Å². The van der Waals surface area contributed by atoms with Gasteiger partial charge in [0.1, 0.15) is 5.75 Å². The molecule has 0 saturated carbocycles. The molecule has 0 aromatic heterocycles. The average molecular weight is 413 g/mol. The molecule has 0 N–H and O–H groups in total. The van der Waals surface area contributed by atoms with Gasteiger partial charge >= 0.3 is 5.97 Å². The Kier molecular flexibility index (Phi) is 4.94. The topological polar surface area (TPSA) is 55.8 Å². The molecule has 0 saturated heterocycles. The van der Waals surface area contributed by atoms with Gasteiger partial charge in [-0.15, -0.1) is 0 Å². The first-order chi connectivity index (χ1) is 15.2. The summed E-state index contributed by atoms with van der Waals surface area (Å²) in [7, 11) is 1.33. The fraction of sp³-hybridized carbons (Fsp3) is 0.231. The molecule has 0 unspecified atom stereocenters. The molecular formula is C26H23NO4. The van der Waals surface area contributed by atoms with Gasteiger partial charge in [0, 0.05) is 18.7 Å². The molecule has 1 aliphatic heterocycles. The molecule has 31 heavy (non-hydrogen) atoms. The number of Topliss-reactive ketones (excluding diaryl/α,β-unsaturated/α-hetero) is 1. The van der Waals surface area contributed by atoms with Crippen molar-refractivity contribution in [2.24, 2.45) is 0 Å². The third-order valence-electron chi connectivity index (χ3n) is 6.03. The third kappa shape index (κ3) is 3.46. The number of carbonyl (C=O) groups excluding carboxylic acids is 2. The normalized spacial score (nSPS) is 15.5. The molecule has 1 aliphatic carbocycles. The Morgan fingerprint density at radius 1 is 1.00 bits per heavy atom. The van der Waals surface area contributed by atoms with Crippen LogP contribution in [0.3, 0.4) is 0 Å². The summed E-state index contributed by atoms with van der Waals surface area (Å²) in [6.07, 6.45) is 2.36. The van der Waals surface area contributed by atoms with Gasteiger partial charge in [0.05, 0.1) is 12.8 Å². The van der Waals surface area contributed by atoms with E-state index < -0.39 is 5.97 Å². The summed E-state index contributed by atoms with van der Waals surface area (Å²) >= 11 is 0. The van der Waals surface area contributed by atoms with E-state index >= 15 is 0 Å². The lowest BCUT2D eigenvalue weighted by Crippen LogP contribution is -2.33. The Balaban J connectivity index is 1.55. The maximum absolute atomic E-state index is 13.1. The van der Waals surface area contributed by atoms with Crippen LogP contribution >= 0.6 is 0 Å². The van der Waals surface area contributed by atoms with Crippen LogP contribution in [0.4, 0.5) is 5.69 Å². The van der Waals surface area contributed by atoms with Crippen LogP contribution in [-0.2, 0) is 20.9 Å². The number of allylic oxidation sites excluding steroid dienone is 2. The van der Waals surface area contributed by atoms with Gasteiger partial charge in [0.15, 0.2) is 12.4 Å². The standard InChI is InChI=1S/C26H23NO4/c1-30-24(29)16-31-20-13-11-19(12-14-20)27-15-18-10-9-17-5-2-3-6-21(17)25(18)22-7-4-8-23(28)26(22)27/h2-3,5-6,9-14H,4,7-8,15-16H2,1H3. The highest BCUT2D eigenvalue weighted by Crippen LogP contribution is 2.43. The largest absolute Gasteiger partial charge is 0.482 e. The third-order valence-corrected chi connectivity index (χ3v) is 6.03. The monoisotopic (exact) mass is 413 g/mol. The molecule has 0 spiro atoms. The maximum Gasteiger partial charge on any atom is 0.343 e. The molecule has 3 aromatic rings. The maximum atomic E-state index is 13.1. The average Bonchev–Trinajstić information content (AvgIpc) is 2.82. The van der Waals surface area contributed by atoms with E-state index in [4.69, 9.17) is 4.74 Å². The van der Waals surface area contributed by atoms with Gasteiger partial charge in [-0.3, -0.25) is 4.79 Å². The number of hydrogen-bond acceptors (Lipinski definition) is 5. The van der Waals surface area contributed by atoms with Crippen LogP contribution in [-0.4, -0.2) is 25.5 Å². The second-order valence-electron chi connectivity index (χ2n) is 7.87. The molecule has 156 valence electrons. The van der Waals surface area contributed by atoms with Gasteiger partial charge in [-0.05, 0) is 64.6 Å². The smallest absolute Gasteiger partial charge is 0.343 e. The van der Waals surface area contributed by atoms with Crippen LogP contribution in [0.25, 0.3) is 16.3 Å². The number of ether oxygens (including phenoxy) is 2. The van der Waals surface area contributed by atoms with Crippen molar-refractivity contribution in [2.45, 2.75) is 25.8 Å². The Bertz CT molecular complexity index is 1210. The highest BCUT2D eigenvalue weighted by molar-refractivity contribution is 6.11. The summed E-state index contributed by atoms with van der Waals surface area (Å²) in [5, 5.41) is 2.42. The summed E-state index contributed by atoms with van der Waals surface area (Å²) in [5.74, 6) is 0.360. The van der Waals surface area contributed by atoms with Gasteiger partial charge < -0.3 is 14.4 Å². The number of methoxy groups -OCH3 is 1. The van der Waals surface area contributed by atoms with Gasteiger partial charge in [0.25, 0.3) is 0 Å². The van der Waals surface area contributed by atoms with E-state index in [-0.39, 0.29) is 12.4 Å². The van der Waals surface area contributed by atoms with Crippen LogP contribution in [0, 0.1) is 0 Å². The number of carbonyl (C=O) groups is 2. The zero-order chi connectivity index (χ0) is 21.4. The van der Waals surface area contributed by atoms with E-state index in [2.05, 4.69) is 46.0 Å². The highest BCUT2D eigenvalue weighted by Gasteiger charge is 2.33. The molecule has 5 heteroatoms. The van der Waals surface area contributed by atoms with Crippen LogP contribution < -0.4 is 9.64 Å². The van der Waals surface area contributed by atoms with Crippen LogP contribution in [0.15, 0.2) is 66.4 Å². The minimum Gasteiger partial charge on any atom is -0.482 e. The van der Waals surface area contributed by atoms with E-state index in [0.29, 0.717) is 18.7 Å². The zero-order valence-electron chi connectivity index (χ0n) is 17.4. The van der Waals surface area contributed by atoms with Crippen molar-refractivity contribution in [3.05, 3.63) is 77.5 Å². The molecule has 2 aliphatic rings. The molecule has 0 fully saturated rings. The van der Waals surface area contributed by atoms with E-state index in [0.717, 1.165) is 29.8 Å². The Morgan fingerprint density at radius 3 is 2.61 bits per heavy atom. The Labute approximate surface area is 180 Å². The molecule has 0 bridgehead atoms. The van der Waals surface area contributed by atoms with Gasteiger partial charge in [-0.2, -0.15) is 0 Å². The minimum atomic E-state index is -0.424. The van der Waals surface area contributed by atoms with Crippen molar-refractivity contribution in [2.75, 3.05) is 18.6 Å². The first kappa shape index (κ1) is 19.4. The molecule has 5 nitrogen and oxygen atoms in total. The Morgan fingerprint density at radius 2 is 1.81 bits per heavy atom.